The summed E-state index contributed by atoms with van der Waals surface area (Å²) in [6.45, 7) is 1.67. The van der Waals surface area contributed by atoms with Crippen LogP contribution in [0, 0.1) is 5.92 Å². The Morgan fingerprint density at radius 1 is 1.69 bits per heavy atom. The molecular formula is C8H11BrClN3. The first-order valence-electron chi connectivity index (χ1n) is 4.33. The molecule has 0 amide bonds. The Morgan fingerprint density at radius 3 is 3.15 bits per heavy atom. The number of hydrogen-bond donors (Lipinski definition) is 1. The summed E-state index contributed by atoms with van der Waals surface area (Å²) in [4.78, 5) is 4.17. The van der Waals surface area contributed by atoms with Crippen LogP contribution < -0.4 is 5.73 Å². The minimum absolute atomic E-state index is 0.564. The average molecular weight is 265 g/mol. The monoisotopic (exact) mass is 263 g/mol. The van der Waals surface area contributed by atoms with Crippen molar-refractivity contribution in [2.24, 2.45) is 11.7 Å². The van der Waals surface area contributed by atoms with E-state index >= 15 is 0 Å². The van der Waals surface area contributed by atoms with E-state index < -0.39 is 0 Å². The van der Waals surface area contributed by atoms with Crippen LogP contribution in [-0.4, -0.2) is 16.1 Å². The highest BCUT2D eigenvalue weighted by atomic mass is 79.9. The lowest BCUT2D eigenvalue weighted by Gasteiger charge is -2.23. The van der Waals surface area contributed by atoms with Crippen molar-refractivity contribution in [3.63, 3.8) is 0 Å². The number of imidazole rings is 1. The molecule has 1 aromatic rings. The standard InChI is InChI=1S/C8H11BrClN3/c9-8-12-7(10)6-2-1-5(3-11)4-13(6)8/h5H,1-4,11H2. The van der Waals surface area contributed by atoms with Crippen LogP contribution in [0.4, 0.5) is 0 Å². The number of aromatic nitrogens is 2. The topological polar surface area (TPSA) is 43.8 Å². The molecule has 3 nitrogen and oxygen atoms in total. The van der Waals surface area contributed by atoms with Gasteiger partial charge < -0.3 is 10.3 Å². The van der Waals surface area contributed by atoms with Crippen molar-refractivity contribution in [2.45, 2.75) is 19.4 Å². The smallest absolute Gasteiger partial charge is 0.178 e. The van der Waals surface area contributed by atoms with Crippen LogP contribution in [-0.2, 0) is 13.0 Å². The summed E-state index contributed by atoms with van der Waals surface area (Å²) in [5, 5.41) is 0.627. The fourth-order valence-corrected chi connectivity index (χ4v) is 2.65. The lowest BCUT2D eigenvalue weighted by atomic mass is 9.99. The highest BCUT2D eigenvalue weighted by molar-refractivity contribution is 9.10. The highest BCUT2D eigenvalue weighted by Gasteiger charge is 2.22. The van der Waals surface area contributed by atoms with Gasteiger partial charge in [-0.05, 0) is 41.2 Å². The third kappa shape index (κ3) is 1.63. The van der Waals surface area contributed by atoms with Crippen molar-refractivity contribution < 1.29 is 0 Å². The maximum Gasteiger partial charge on any atom is 0.178 e. The van der Waals surface area contributed by atoms with E-state index in [1.165, 1.54) is 0 Å². The molecule has 1 aromatic heterocycles. The van der Waals surface area contributed by atoms with Gasteiger partial charge in [0, 0.05) is 6.54 Å². The van der Waals surface area contributed by atoms with Crippen LogP contribution in [0.5, 0.6) is 0 Å². The molecule has 0 saturated carbocycles. The Kier molecular flexibility index (Phi) is 2.62. The molecule has 0 saturated heterocycles. The van der Waals surface area contributed by atoms with Gasteiger partial charge in [0.1, 0.15) is 0 Å². The molecule has 1 aliphatic rings. The summed E-state index contributed by atoms with van der Waals surface area (Å²) in [6.07, 6.45) is 2.10. The second-order valence-corrected chi connectivity index (χ2v) is 4.44. The van der Waals surface area contributed by atoms with Crippen molar-refractivity contribution in [2.75, 3.05) is 6.54 Å². The van der Waals surface area contributed by atoms with Crippen molar-refractivity contribution in [3.05, 3.63) is 15.6 Å². The molecule has 0 aliphatic carbocycles. The van der Waals surface area contributed by atoms with E-state index in [0.29, 0.717) is 11.1 Å². The van der Waals surface area contributed by atoms with Crippen LogP contribution in [0.2, 0.25) is 5.15 Å². The SMILES string of the molecule is NCC1CCc2c(Cl)nc(Br)n2C1. The molecule has 5 heteroatoms. The number of rotatable bonds is 1. The summed E-state index contributed by atoms with van der Waals surface area (Å²) < 4.78 is 2.94. The lowest BCUT2D eigenvalue weighted by molar-refractivity contribution is 0.374. The van der Waals surface area contributed by atoms with Gasteiger partial charge in [-0.25, -0.2) is 4.98 Å². The summed E-state index contributed by atoms with van der Waals surface area (Å²) in [5.41, 5.74) is 6.77. The van der Waals surface area contributed by atoms with Gasteiger partial charge in [-0.2, -0.15) is 0 Å². The predicted octanol–water partition coefficient (Wildman–Crippen LogP) is 1.82. The van der Waals surface area contributed by atoms with Crippen molar-refractivity contribution >= 4 is 27.5 Å². The van der Waals surface area contributed by atoms with Crippen LogP contribution in [0.15, 0.2) is 4.73 Å². The highest BCUT2D eigenvalue weighted by Crippen LogP contribution is 2.28. The Balaban J connectivity index is 2.33. The Labute approximate surface area is 90.4 Å². The van der Waals surface area contributed by atoms with E-state index in [4.69, 9.17) is 17.3 Å². The third-order valence-electron chi connectivity index (χ3n) is 2.54. The molecular weight excluding hydrogens is 253 g/mol. The van der Waals surface area contributed by atoms with Gasteiger partial charge in [0.25, 0.3) is 0 Å². The predicted molar refractivity (Wildman–Crippen MR) is 55.8 cm³/mol. The van der Waals surface area contributed by atoms with E-state index in [9.17, 15) is 0 Å². The summed E-state index contributed by atoms with van der Waals surface area (Å²) in [5.74, 6) is 0.564. The quantitative estimate of drug-likeness (QED) is 0.841. The maximum atomic E-state index is 5.96. The van der Waals surface area contributed by atoms with Gasteiger partial charge in [-0.3, -0.25) is 0 Å². The fourth-order valence-electron chi connectivity index (χ4n) is 1.73. The molecule has 0 fully saturated rings. The zero-order valence-corrected chi connectivity index (χ0v) is 9.48. The molecule has 1 unspecified atom stereocenters. The van der Waals surface area contributed by atoms with Gasteiger partial charge in [-0.15, -0.1) is 0 Å². The molecule has 0 bridgehead atoms. The second-order valence-electron chi connectivity index (χ2n) is 3.37. The van der Waals surface area contributed by atoms with E-state index in [1.807, 2.05) is 0 Å². The van der Waals surface area contributed by atoms with Crippen LogP contribution in [0.25, 0.3) is 0 Å². The largest absolute Gasteiger partial charge is 0.330 e. The van der Waals surface area contributed by atoms with Gasteiger partial charge in [0.05, 0.1) is 5.69 Å². The molecule has 13 heavy (non-hydrogen) atoms. The van der Waals surface area contributed by atoms with E-state index in [1.54, 1.807) is 0 Å². The number of halogens is 2. The Bertz CT molecular complexity index is 323. The van der Waals surface area contributed by atoms with E-state index in [0.717, 1.165) is 36.4 Å². The molecule has 2 heterocycles. The van der Waals surface area contributed by atoms with Crippen molar-refractivity contribution in [1.29, 1.82) is 0 Å². The fraction of sp³-hybridized carbons (Fsp3) is 0.625. The molecule has 0 aromatic carbocycles. The minimum atomic E-state index is 0.564. The number of hydrogen-bond acceptors (Lipinski definition) is 2. The van der Waals surface area contributed by atoms with Crippen LogP contribution in [0.1, 0.15) is 12.1 Å². The molecule has 1 atom stereocenters. The molecule has 0 radical (unpaired) electrons. The first-order valence-corrected chi connectivity index (χ1v) is 5.50. The molecule has 0 spiro atoms. The molecule has 72 valence electrons. The van der Waals surface area contributed by atoms with Gasteiger partial charge in [0.2, 0.25) is 0 Å². The average Bonchev–Trinajstić information content (AvgIpc) is 2.42. The second kappa shape index (κ2) is 3.59. The first kappa shape index (κ1) is 9.49. The van der Waals surface area contributed by atoms with E-state index in [2.05, 4.69) is 25.5 Å². The van der Waals surface area contributed by atoms with Gasteiger partial charge in [0.15, 0.2) is 9.89 Å². The zero-order valence-electron chi connectivity index (χ0n) is 7.13. The molecule has 2 N–H and O–H groups in total. The molecule has 1 aliphatic heterocycles. The summed E-state index contributed by atoms with van der Waals surface area (Å²) in [7, 11) is 0. The van der Waals surface area contributed by atoms with Gasteiger partial charge in [-0.1, -0.05) is 11.6 Å². The third-order valence-corrected chi connectivity index (χ3v) is 3.45. The van der Waals surface area contributed by atoms with Gasteiger partial charge >= 0.3 is 0 Å². The summed E-state index contributed by atoms with van der Waals surface area (Å²) in [6, 6.07) is 0. The van der Waals surface area contributed by atoms with E-state index in [-0.39, 0.29) is 0 Å². The molecule has 2 rings (SSSR count). The maximum absolute atomic E-state index is 5.96. The lowest BCUT2D eigenvalue weighted by Crippen LogP contribution is -2.26. The number of fused-ring (bicyclic) bond motifs is 1. The zero-order chi connectivity index (χ0) is 9.42. The normalized spacial score (nSPS) is 21.6. The Hall–Kier alpha value is -0.0600. The minimum Gasteiger partial charge on any atom is -0.330 e. The Morgan fingerprint density at radius 2 is 2.46 bits per heavy atom. The van der Waals surface area contributed by atoms with Crippen LogP contribution in [0.3, 0.4) is 0 Å². The van der Waals surface area contributed by atoms with Crippen LogP contribution >= 0.6 is 27.5 Å². The van der Waals surface area contributed by atoms with Crippen molar-refractivity contribution in [3.8, 4) is 0 Å². The number of nitrogens with two attached hydrogens (primary N) is 1. The first-order chi connectivity index (χ1) is 6.22. The van der Waals surface area contributed by atoms with Crippen molar-refractivity contribution in [1.82, 2.24) is 9.55 Å². The summed E-state index contributed by atoms with van der Waals surface area (Å²) >= 11 is 9.35. The number of nitrogens with zero attached hydrogens (tertiary/aromatic N) is 2.